The van der Waals surface area contributed by atoms with Crippen molar-refractivity contribution in [3.8, 4) is 11.1 Å². The number of carbonyl (C=O) groups is 1. The SMILES string of the molecule is CC(OC[C@@H](O)CNC(C)(C)Cc1ccc2ccccc2c1)c1ccccc1-c1ccc(CO)c(C(=O)O)c1. The van der Waals surface area contributed by atoms with Crippen LogP contribution in [0.2, 0.25) is 0 Å². The number of hydrogen-bond donors (Lipinski definition) is 4. The first kappa shape index (κ1) is 28.5. The molecule has 0 fully saturated rings. The van der Waals surface area contributed by atoms with Crippen LogP contribution in [0.4, 0.5) is 0 Å². The van der Waals surface area contributed by atoms with E-state index in [4.69, 9.17) is 4.74 Å². The molecule has 0 saturated heterocycles. The van der Waals surface area contributed by atoms with Crippen molar-refractivity contribution < 1.29 is 24.9 Å². The normalized spacial score (nSPS) is 13.4. The van der Waals surface area contributed by atoms with E-state index in [-0.39, 0.29) is 30.4 Å². The summed E-state index contributed by atoms with van der Waals surface area (Å²) in [4.78, 5) is 11.7. The van der Waals surface area contributed by atoms with Gasteiger partial charge in [-0.3, -0.25) is 0 Å². The smallest absolute Gasteiger partial charge is 0.336 e. The lowest BCUT2D eigenvalue weighted by atomic mass is 9.93. The highest BCUT2D eigenvalue weighted by Gasteiger charge is 2.21. The minimum absolute atomic E-state index is 0.0752. The van der Waals surface area contributed by atoms with E-state index in [1.54, 1.807) is 18.2 Å². The number of nitrogens with one attached hydrogen (secondary N) is 1. The predicted molar refractivity (Wildman–Crippen MR) is 155 cm³/mol. The summed E-state index contributed by atoms with van der Waals surface area (Å²) in [5, 5.41) is 35.6. The molecule has 0 aliphatic carbocycles. The van der Waals surface area contributed by atoms with Gasteiger partial charge >= 0.3 is 5.97 Å². The largest absolute Gasteiger partial charge is 0.478 e. The Hall–Kier alpha value is -3.55. The summed E-state index contributed by atoms with van der Waals surface area (Å²) in [6.07, 6.45) is -0.201. The van der Waals surface area contributed by atoms with Gasteiger partial charge in [0.05, 0.1) is 31.0 Å². The highest BCUT2D eigenvalue weighted by Crippen LogP contribution is 2.31. The molecule has 0 spiro atoms. The highest BCUT2D eigenvalue weighted by atomic mass is 16.5. The van der Waals surface area contributed by atoms with Crippen molar-refractivity contribution in [2.45, 2.75) is 51.5 Å². The summed E-state index contributed by atoms with van der Waals surface area (Å²) < 4.78 is 6.06. The Balaban J connectivity index is 1.36. The van der Waals surface area contributed by atoms with Gasteiger partial charge in [-0.1, -0.05) is 78.9 Å². The molecule has 0 saturated carbocycles. The second kappa shape index (κ2) is 12.5. The van der Waals surface area contributed by atoms with Crippen molar-refractivity contribution in [3.63, 3.8) is 0 Å². The van der Waals surface area contributed by atoms with Crippen LogP contribution in [0.15, 0.2) is 84.9 Å². The molecule has 0 radical (unpaired) electrons. The molecule has 2 atom stereocenters. The average Bonchev–Trinajstić information content (AvgIpc) is 2.94. The fraction of sp³-hybridized carbons (Fsp3) is 0.303. The van der Waals surface area contributed by atoms with Crippen LogP contribution in [0, 0.1) is 0 Å². The van der Waals surface area contributed by atoms with Gasteiger partial charge in [-0.2, -0.15) is 0 Å². The Morgan fingerprint density at radius 2 is 1.67 bits per heavy atom. The molecular weight excluding hydrogens is 490 g/mol. The molecule has 4 rings (SSSR count). The molecule has 204 valence electrons. The van der Waals surface area contributed by atoms with Crippen molar-refractivity contribution in [1.29, 1.82) is 0 Å². The van der Waals surface area contributed by atoms with Crippen LogP contribution in [-0.2, 0) is 17.8 Å². The lowest BCUT2D eigenvalue weighted by Crippen LogP contribution is -2.46. The van der Waals surface area contributed by atoms with Crippen molar-refractivity contribution in [3.05, 3.63) is 107 Å². The van der Waals surface area contributed by atoms with E-state index in [2.05, 4.69) is 49.5 Å². The van der Waals surface area contributed by atoms with Crippen molar-refractivity contribution >= 4 is 16.7 Å². The molecule has 0 amide bonds. The Kier molecular flexibility index (Phi) is 9.15. The van der Waals surface area contributed by atoms with Crippen molar-refractivity contribution in [2.75, 3.05) is 13.2 Å². The molecule has 0 bridgehead atoms. The minimum Gasteiger partial charge on any atom is -0.478 e. The van der Waals surface area contributed by atoms with Gasteiger partial charge in [0.25, 0.3) is 0 Å². The molecule has 0 aromatic heterocycles. The Morgan fingerprint density at radius 3 is 2.41 bits per heavy atom. The maximum absolute atomic E-state index is 11.7. The van der Waals surface area contributed by atoms with Gasteiger partial charge < -0.3 is 25.4 Å². The number of benzene rings is 4. The van der Waals surface area contributed by atoms with Crippen LogP contribution in [0.25, 0.3) is 21.9 Å². The maximum Gasteiger partial charge on any atom is 0.336 e. The Morgan fingerprint density at radius 1 is 0.949 bits per heavy atom. The number of aliphatic hydroxyl groups excluding tert-OH is 2. The molecule has 4 N–H and O–H groups in total. The van der Waals surface area contributed by atoms with Gasteiger partial charge in [0, 0.05) is 12.1 Å². The molecule has 0 aliphatic heterocycles. The number of aromatic carboxylic acids is 1. The molecule has 1 unspecified atom stereocenters. The summed E-state index contributed by atoms with van der Waals surface area (Å²) in [6.45, 7) is 6.37. The average molecular weight is 528 g/mol. The fourth-order valence-corrected chi connectivity index (χ4v) is 4.92. The summed E-state index contributed by atoms with van der Waals surface area (Å²) in [5.41, 5.74) is 3.93. The van der Waals surface area contributed by atoms with Crippen LogP contribution in [-0.4, -0.2) is 46.1 Å². The van der Waals surface area contributed by atoms with Gasteiger partial charge in [0.1, 0.15) is 0 Å². The lowest BCUT2D eigenvalue weighted by molar-refractivity contribution is -0.00397. The number of fused-ring (bicyclic) bond motifs is 1. The minimum atomic E-state index is -1.08. The third kappa shape index (κ3) is 7.31. The highest BCUT2D eigenvalue weighted by molar-refractivity contribution is 5.91. The maximum atomic E-state index is 11.7. The molecule has 6 nitrogen and oxygen atoms in total. The van der Waals surface area contributed by atoms with Crippen LogP contribution >= 0.6 is 0 Å². The van der Waals surface area contributed by atoms with E-state index in [1.807, 2.05) is 43.3 Å². The standard InChI is InChI=1S/C33H37NO5/c1-22(29-10-6-7-11-30(29)26-14-15-27(20-35)31(17-26)32(37)38)39-21-28(36)19-34-33(2,3)18-23-12-13-24-8-4-5-9-25(24)16-23/h4-17,22,28,34-36H,18-21H2,1-3H3,(H,37,38)/t22?,28-/m0/s1. The zero-order valence-corrected chi connectivity index (χ0v) is 22.7. The van der Waals surface area contributed by atoms with Gasteiger partial charge in [-0.05, 0) is 71.8 Å². The zero-order chi connectivity index (χ0) is 28.0. The van der Waals surface area contributed by atoms with E-state index in [9.17, 15) is 20.1 Å². The van der Waals surface area contributed by atoms with E-state index >= 15 is 0 Å². The number of carboxylic acid groups (broad SMARTS) is 1. The third-order valence-corrected chi connectivity index (χ3v) is 7.04. The van der Waals surface area contributed by atoms with E-state index < -0.39 is 12.1 Å². The van der Waals surface area contributed by atoms with Crippen molar-refractivity contribution in [1.82, 2.24) is 5.32 Å². The van der Waals surface area contributed by atoms with E-state index in [0.29, 0.717) is 12.1 Å². The number of ether oxygens (including phenoxy) is 1. The molecule has 4 aromatic carbocycles. The summed E-state index contributed by atoms with van der Waals surface area (Å²) in [6, 6.07) is 27.5. The Labute approximate surface area is 229 Å². The molecule has 6 heteroatoms. The molecule has 4 aromatic rings. The number of aliphatic hydroxyl groups is 2. The second-order valence-electron chi connectivity index (χ2n) is 10.7. The van der Waals surface area contributed by atoms with E-state index in [1.165, 1.54) is 16.3 Å². The Bertz CT molecular complexity index is 1430. The summed E-state index contributed by atoms with van der Waals surface area (Å²) in [5.74, 6) is -1.08. The van der Waals surface area contributed by atoms with Crippen LogP contribution in [0.3, 0.4) is 0 Å². The van der Waals surface area contributed by atoms with Crippen LogP contribution in [0.5, 0.6) is 0 Å². The summed E-state index contributed by atoms with van der Waals surface area (Å²) in [7, 11) is 0. The molecular formula is C33H37NO5. The fourth-order valence-electron chi connectivity index (χ4n) is 4.92. The number of rotatable bonds is 12. The zero-order valence-electron chi connectivity index (χ0n) is 22.7. The molecule has 0 aliphatic rings. The van der Waals surface area contributed by atoms with Crippen LogP contribution in [0.1, 0.15) is 53.9 Å². The predicted octanol–water partition coefficient (Wildman–Crippen LogP) is 5.75. The number of hydrogen-bond acceptors (Lipinski definition) is 5. The first-order chi connectivity index (χ1) is 18.7. The first-order valence-corrected chi connectivity index (χ1v) is 13.3. The lowest BCUT2D eigenvalue weighted by Gasteiger charge is -2.28. The topological polar surface area (TPSA) is 99.0 Å². The number of carboxylic acids is 1. The monoisotopic (exact) mass is 527 g/mol. The quantitative estimate of drug-likeness (QED) is 0.187. The first-order valence-electron chi connectivity index (χ1n) is 13.3. The number of β-amino-alcohol motifs (C(OH)–C–C–N with tert-alkyl or cyclic N) is 1. The second-order valence-corrected chi connectivity index (χ2v) is 10.7. The van der Waals surface area contributed by atoms with Gasteiger partial charge in [0.2, 0.25) is 0 Å². The van der Waals surface area contributed by atoms with Crippen LogP contribution < -0.4 is 5.32 Å². The van der Waals surface area contributed by atoms with E-state index in [0.717, 1.165) is 23.1 Å². The molecule has 39 heavy (non-hydrogen) atoms. The van der Waals surface area contributed by atoms with Gasteiger partial charge in [-0.15, -0.1) is 0 Å². The van der Waals surface area contributed by atoms with Crippen molar-refractivity contribution in [2.24, 2.45) is 0 Å². The van der Waals surface area contributed by atoms with Gasteiger partial charge in [-0.25, -0.2) is 4.79 Å². The third-order valence-electron chi connectivity index (χ3n) is 7.04. The van der Waals surface area contributed by atoms with Gasteiger partial charge in [0.15, 0.2) is 0 Å². The molecule has 0 heterocycles. The summed E-state index contributed by atoms with van der Waals surface area (Å²) >= 11 is 0.